The van der Waals surface area contributed by atoms with Crippen LogP contribution in [0.3, 0.4) is 0 Å². The van der Waals surface area contributed by atoms with Gasteiger partial charge in [0.25, 0.3) is 0 Å². The molecule has 0 aromatic carbocycles. The number of carbonyl (C=O) groups is 1. The van der Waals surface area contributed by atoms with Crippen molar-refractivity contribution in [3.63, 3.8) is 0 Å². The number of pyridine rings is 1. The Balaban J connectivity index is -0.000000363. The minimum Gasteiger partial charge on any atom is -0.465 e. The quantitative estimate of drug-likeness (QED) is 0.365. The molecule has 0 aliphatic rings. The summed E-state index contributed by atoms with van der Waals surface area (Å²) in [5.41, 5.74) is 2.85. The first kappa shape index (κ1) is 34.6. The maximum atomic E-state index is 10.9. The molecule has 0 amide bonds. The fourth-order valence-electron chi connectivity index (χ4n) is 2.16. The van der Waals surface area contributed by atoms with E-state index in [9.17, 15) is 4.79 Å². The van der Waals surface area contributed by atoms with E-state index in [0.29, 0.717) is 4.88 Å². The van der Waals surface area contributed by atoms with Crippen LogP contribution in [-0.4, -0.2) is 32.2 Å². The van der Waals surface area contributed by atoms with Crippen LogP contribution in [0.1, 0.15) is 81.9 Å². The van der Waals surface area contributed by atoms with Crippen molar-refractivity contribution in [2.45, 2.75) is 74.7 Å². The van der Waals surface area contributed by atoms with Gasteiger partial charge in [-0.1, -0.05) is 53.2 Å². The van der Waals surface area contributed by atoms with Crippen LogP contribution in [0.15, 0.2) is 48.3 Å². The second-order valence-electron chi connectivity index (χ2n) is 7.05. The fraction of sp³-hybridized carbons (Fsp3) is 0.556. The normalized spacial score (nSPS) is 9.56. The van der Waals surface area contributed by atoms with Crippen molar-refractivity contribution in [3.05, 3.63) is 63.6 Å². The van der Waals surface area contributed by atoms with Crippen LogP contribution in [0.5, 0.6) is 0 Å². The van der Waals surface area contributed by atoms with Gasteiger partial charge < -0.3 is 10.1 Å². The average Bonchev–Trinajstić information content (AvgIpc) is 3.31. The maximum Gasteiger partial charge on any atom is 0.348 e. The van der Waals surface area contributed by atoms with Crippen molar-refractivity contribution in [1.29, 1.82) is 0 Å². The summed E-state index contributed by atoms with van der Waals surface area (Å²) in [4.78, 5) is 16.7. The summed E-state index contributed by atoms with van der Waals surface area (Å²) in [6.45, 7) is 17.0. The van der Waals surface area contributed by atoms with E-state index < -0.39 is 0 Å². The predicted molar refractivity (Wildman–Crippen MR) is 144 cm³/mol. The van der Waals surface area contributed by atoms with E-state index in [4.69, 9.17) is 0 Å². The molecule has 0 saturated carbocycles. The Bertz CT molecular complexity index is 680. The lowest BCUT2D eigenvalue weighted by molar-refractivity contribution is 0.0606. The Kier molecular flexibility index (Phi) is 27.4. The summed E-state index contributed by atoms with van der Waals surface area (Å²) >= 11 is 1.49. The number of methoxy groups -OCH3 is 1. The minimum absolute atomic E-state index is 0.241. The number of hydrogen-bond acceptors (Lipinski definition) is 5. The third-order valence-corrected chi connectivity index (χ3v) is 4.99. The first-order valence-electron chi connectivity index (χ1n) is 11.5. The average molecular weight is 465 g/mol. The van der Waals surface area contributed by atoms with Gasteiger partial charge in [-0.25, -0.2) is 4.79 Å². The molecule has 2 aromatic heterocycles. The Morgan fingerprint density at radius 2 is 1.62 bits per heavy atom. The number of nitrogens with one attached hydrogen (secondary N) is 1. The van der Waals surface area contributed by atoms with Crippen molar-refractivity contribution in [1.82, 2.24) is 10.3 Å². The Morgan fingerprint density at radius 3 is 1.91 bits per heavy atom. The van der Waals surface area contributed by atoms with Gasteiger partial charge in [-0.3, -0.25) is 4.98 Å². The number of rotatable bonds is 5. The molecule has 0 atom stereocenters. The number of aryl methyl sites for hydroxylation is 2. The monoisotopic (exact) mass is 464 g/mol. The third kappa shape index (κ3) is 21.3. The highest BCUT2D eigenvalue weighted by molar-refractivity contribution is 7.13. The lowest BCUT2D eigenvalue weighted by Crippen LogP contribution is -1.96. The zero-order chi connectivity index (χ0) is 25.4. The highest BCUT2D eigenvalue weighted by Crippen LogP contribution is 2.17. The van der Waals surface area contributed by atoms with E-state index in [1.165, 1.54) is 40.9 Å². The summed E-state index contributed by atoms with van der Waals surface area (Å²) in [6, 6.07) is 7.81. The largest absolute Gasteiger partial charge is 0.465 e. The molecular formula is C27H48N2O2S. The molecule has 0 radical (unpaired) electrons. The molecule has 0 aliphatic heterocycles. The number of esters is 1. The van der Waals surface area contributed by atoms with Gasteiger partial charge in [0, 0.05) is 17.3 Å². The van der Waals surface area contributed by atoms with Crippen LogP contribution in [0, 0.1) is 5.92 Å². The summed E-state index contributed by atoms with van der Waals surface area (Å²) < 4.78 is 4.57. The summed E-state index contributed by atoms with van der Waals surface area (Å²) in [6.07, 6.45) is 9.14. The molecule has 0 unspecified atom stereocenters. The second-order valence-corrected chi connectivity index (χ2v) is 8.22. The first-order valence-corrected chi connectivity index (χ1v) is 12.4. The molecule has 2 heterocycles. The topological polar surface area (TPSA) is 51.2 Å². The lowest BCUT2D eigenvalue weighted by Gasteiger charge is -2.01. The number of ether oxygens (including phenoxy) is 1. The first-order chi connectivity index (χ1) is 15.3. The standard InChI is InChI=1S/C8H10O2S.C8H16.C7H9N.C2H7N.C2H6/c1-3-6-4-5-7(11-6)8(9)10-2;1-5-8(4)6-7(2)3;1-2-7-3-5-8-6-4-7;1-3-2;1-2/h4-5H,3H2,1-2H3;5,7H,6H2,1-4H3;3-6H,2H2,1H3;3H,1-2H3;1-2H3/b;8-5+;;;. The zero-order valence-electron chi connectivity index (χ0n) is 22.4. The van der Waals surface area contributed by atoms with E-state index in [1.807, 2.05) is 58.5 Å². The molecule has 0 spiro atoms. The number of nitrogens with zero attached hydrogens (tertiary/aromatic N) is 1. The third-order valence-electron chi connectivity index (χ3n) is 3.78. The van der Waals surface area contributed by atoms with Crippen molar-refractivity contribution in [2.75, 3.05) is 21.2 Å². The highest BCUT2D eigenvalue weighted by Gasteiger charge is 2.07. The highest BCUT2D eigenvalue weighted by atomic mass is 32.1. The summed E-state index contributed by atoms with van der Waals surface area (Å²) in [7, 11) is 5.15. The molecule has 2 aromatic rings. The van der Waals surface area contributed by atoms with Crippen LogP contribution in [0.4, 0.5) is 0 Å². The Morgan fingerprint density at radius 1 is 1.09 bits per heavy atom. The molecule has 5 heteroatoms. The smallest absolute Gasteiger partial charge is 0.348 e. The van der Waals surface area contributed by atoms with Crippen LogP contribution in [0.2, 0.25) is 0 Å². The molecule has 1 N–H and O–H groups in total. The van der Waals surface area contributed by atoms with Gasteiger partial charge in [0.15, 0.2) is 0 Å². The Labute approximate surface area is 202 Å². The summed E-state index contributed by atoms with van der Waals surface area (Å²) in [5.74, 6) is 0.570. The van der Waals surface area contributed by atoms with E-state index in [0.717, 1.165) is 18.8 Å². The van der Waals surface area contributed by atoms with Crippen molar-refractivity contribution in [3.8, 4) is 0 Å². The number of thiophene rings is 1. The second kappa shape index (κ2) is 25.3. The molecule has 0 bridgehead atoms. The molecule has 2 rings (SSSR count). The molecule has 0 aliphatic carbocycles. The molecule has 0 saturated heterocycles. The lowest BCUT2D eigenvalue weighted by atomic mass is 10.0. The molecule has 4 nitrogen and oxygen atoms in total. The van der Waals surface area contributed by atoms with Gasteiger partial charge in [0.05, 0.1) is 7.11 Å². The van der Waals surface area contributed by atoms with Gasteiger partial charge in [0.2, 0.25) is 0 Å². The van der Waals surface area contributed by atoms with Crippen LogP contribution >= 0.6 is 11.3 Å². The number of allylic oxidation sites excluding steroid dienone is 2. The number of aromatic nitrogens is 1. The molecule has 32 heavy (non-hydrogen) atoms. The molecule has 0 fully saturated rings. The molecular weight excluding hydrogens is 416 g/mol. The van der Waals surface area contributed by atoms with Crippen molar-refractivity contribution in [2.24, 2.45) is 5.92 Å². The number of carbonyl (C=O) groups excluding carboxylic acids is 1. The fourth-order valence-corrected chi connectivity index (χ4v) is 3.02. The maximum absolute atomic E-state index is 10.9. The van der Waals surface area contributed by atoms with Gasteiger partial charge in [0.1, 0.15) is 4.88 Å². The Hall–Kier alpha value is -1.98. The van der Waals surface area contributed by atoms with Crippen molar-refractivity contribution < 1.29 is 9.53 Å². The van der Waals surface area contributed by atoms with Crippen LogP contribution in [0.25, 0.3) is 0 Å². The van der Waals surface area contributed by atoms with Gasteiger partial charge in [-0.15, -0.1) is 11.3 Å². The van der Waals surface area contributed by atoms with E-state index >= 15 is 0 Å². The van der Waals surface area contributed by atoms with Crippen LogP contribution in [-0.2, 0) is 17.6 Å². The van der Waals surface area contributed by atoms with Gasteiger partial charge in [-0.2, -0.15) is 0 Å². The van der Waals surface area contributed by atoms with Gasteiger partial charge >= 0.3 is 5.97 Å². The predicted octanol–water partition coefficient (Wildman–Crippen LogP) is 7.60. The molecule has 184 valence electrons. The van der Waals surface area contributed by atoms with Crippen molar-refractivity contribution >= 4 is 17.3 Å². The van der Waals surface area contributed by atoms with E-state index in [2.05, 4.69) is 62.7 Å². The van der Waals surface area contributed by atoms with Crippen LogP contribution < -0.4 is 5.32 Å². The zero-order valence-corrected chi connectivity index (χ0v) is 23.2. The summed E-state index contributed by atoms with van der Waals surface area (Å²) in [5, 5.41) is 2.75. The van der Waals surface area contributed by atoms with E-state index in [-0.39, 0.29) is 5.97 Å². The van der Waals surface area contributed by atoms with E-state index in [1.54, 1.807) is 6.07 Å². The SMILES string of the molecule is C/C=C(\C)CC(C)C.CC.CCc1ccc(C(=O)OC)s1.CCc1ccncc1.CNC. The minimum atomic E-state index is -0.241. The number of hydrogen-bond donors (Lipinski definition) is 1. The van der Waals surface area contributed by atoms with Gasteiger partial charge in [-0.05, 0) is 83.0 Å².